The van der Waals surface area contributed by atoms with Crippen LogP contribution < -0.4 is 21.3 Å². The number of β-lactam (4-membered cyclic amide) rings is 1. The molecule has 120 heavy (non-hydrogen) atoms. The normalized spacial score (nSPS) is 13.7. The number of aldehydes is 1. The first-order valence-electron chi connectivity index (χ1n) is 41.4. The van der Waals surface area contributed by atoms with Crippen LogP contribution in [-0.4, -0.2) is 437 Å². The van der Waals surface area contributed by atoms with E-state index in [2.05, 4.69) is 21.3 Å². The van der Waals surface area contributed by atoms with Gasteiger partial charge in [-0.15, -0.1) is 11.8 Å². The number of carbonyl (C=O) groups excluding carboxylic acids is 9. The maximum absolute atomic E-state index is 13.6. The van der Waals surface area contributed by atoms with Gasteiger partial charge in [-0.1, -0.05) is 12.1 Å². The molecule has 3 rings (SSSR count). The molecular formula is C79H136N6O34S. The minimum absolute atomic E-state index is 0.0481. The Balaban J connectivity index is 1.17. The quantitative estimate of drug-likeness (QED) is 0.0271. The van der Waals surface area contributed by atoms with Gasteiger partial charge in [0.15, 0.2) is 0 Å². The molecule has 1 aromatic carbocycles. The van der Waals surface area contributed by atoms with Crippen molar-refractivity contribution in [1.82, 2.24) is 25.8 Å². The molecule has 2 heterocycles. The Labute approximate surface area is 709 Å². The van der Waals surface area contributed by atoms with Gasteiger partial charge < -0.3 is 144 Å². The van der Waals surface area contributed by atoms with E-state index in [1.165, 1.54) is 4.90 Å². The third-order valence-corrected chi connectivity index (χ3v) is 17.5. The maximum atomic E-state index is 13.6. The molecule has 1 aromatic rings. The lowest BCUT2D eigenvalue weighted by atomic mass is 10.1. The van der Waals surface area contributed by atoms with Gasteiger partial charge in [0.05, 0.1) is 316 Å². The third kappa shape index (κ3) is 65.1. The van der Waals surface area contributed by atoms with Crippen molar-refractivity contribution in [1.29, 1.82) is 0 Å². The number of nitrogens with one attached hydrogen (secondary N) is 4. The lowest BCUT2D eigenvalue weighted by Crippen LogP contribution is -2.50. The molecule has 0 radical (unpaired) electrons. The molecule has 2 saturated heterocycles. The summed E-state index contributed by atoms with van der Waals surface area (Å²) in [7, 11) is 0. The van der Waals surface area contributed by atoms with E-state index >= 15 is 0 Å². The molecule has 0 bridgehead atoms. The zero-order valence-electron chi connectivity index (χ0n) is 70.4. The van der Waals surface area contributed by atoms with Crippen LogP contribution in [0.5, 0.6) is 0 Å². The molecule has 0 aliphatic carbocycles. The number of hydrogen-bond acceptors (Lipinski definition) is 35. The Morgan fingerprint density at radius 3 is 1.07 bits per heavy atom. The smallest absolute Gasteiger partial charge is 0.250 e. The molecule has 2 fully saturated rings. The number of amides is 8. The summed E-state index contributed by atoms with van der Waals surface area (Å²) in [6, 6.07) is 5.57. The SMILES string of the molecule is CCOCCOCCOCCOCCOCCOCCOCCOCCOCCOCCOCCOCCNC(=O)CCN1C(=O)CC(SC[C@H](NC(=O)COCC(=O)Nc2ccc(CCC(=O)N3CCC3=O)cc2)C(=O)NCCOCCOCCOCCOCCOCCOCCOCCOCCOCCOCCOCCOCCC=O)C1=O. The average molecular weight is 1750 g/mol. The first-order chi connectivity index (χ1) is 59.0. The number of likely N-dealkylation sites (tertiary alicyclic amines) is 2. The number of carbonyl (C=O) groups is 9. The molecule has 41 heteroatoms. The van der Waals surface area contributed by atoms with Crippen LogP contribution >= 0.6 is 11.8 Å². The van der Waals surface area contributed by atoms with Crippen LogP contribution in [-0.2, 0) is 168 Å². The van der Waals surface area contributed by atoms with E-state index in [4.69, 9.17) is 118 Å². The Hall–Kier alpha value is -5.60. The molecule has 8 amide bonds. The van der Waals surface area contributed by atoms with Crippen LogP contribution in [0.4, 0.5) is 5.69 Å². The zero-order chi connectivity index (χ0) is 86.0. The summed E-state index contributed by atoms with van der Waals surface area (Å²) in [5.41, 5.74) is 1.27. The number of rotatable bonds is 92. The van der Waals surface area contributed by atoms with E-state index in [1.54, 1.807) is 24.3 Å². The minimum atomic E-state index is -1.21. The van der Waals surface area contributed by atoms with E-state index < -0.39 is 59.9 Å². The number of nitrogens with zero attached hydrogens (tertiary/aromatic N) is 2. The lowest BCUT2D eigenvalue weighted by Gasteiger charge is -2.28. The van der Waals surface area contributed by atoms with E-state index in [0.717, 1.165) is 28.5 Å². The molecule has 2 aliphatic heterocycles. The van der Waals surface area contributed by atoms with Crippen LogP contribution in [0, 0.1) is 0 Å². The predicted molar refractivity (Wildman–Crippen MR) is 432 cm³/mol. The Morgan fingerprint density at radius 1 is 0.400 bits per heavy atom. The molecule has 2 atom stereocenters. The van der Waals surface area contributed by atoms with Gasteiger partial charge in [0.2, 0.25) is 47.3 Å². The van der Waals surface area contributed by atoms with Gasteiger partial charge >= 0.3 is 0 Å². The number of imide groups is 2. The molecule has 0 spiro atoms. The highest BCUT2D eigenvalue weighted by atomic mass is 32.2. The zero-order valence-corrected chi connectivity index (χ0v) is 71.2. The van der Waals surface area contributed by atoms with Gasteiger partial charge in [0.1, 0.15) is 25.5 Å². The van der Waals surface area contributed by atoms with E-state index in [0.29, 0.717) is 316 Å². The molecule has 40 nitrogen and oxygen atoms in total. The van der Waals surface area contributed by atoms with Crippen molar-refractivity contribution < 1.29 is 162 Å². The van der Waals surface area contributed by atoms with Gasteiger partial charge in [0.25, 0.3) is 0 Å². The number of benzene rings is 1. The average Bonchev–Trinajstić information content (AvgIpc) is 1.69. The molecule has 1 unspecified atom stereocenters. The molecule has 4 N–H and O–H groups in total. The summed E-state index contributed by atoms with van der Waals surface area (Å²) in [5.74, 6) is -3.88. The Morgan fingerprint density at radius 2 is 0.733 bits per heavy atom. The van der Waals surface area contributed by atoms with Gasteiger partial charge in [-0.25, -0.2) is 0 Å². The van der Waals surface area contributed by atoms with Crippen molar-refractivity contribution in [2.45, 2.75) is 56.7 Å². The van der Waals surface area contributed by atoms with Crippen LogP contribution in [0.2, 0.25) is 0 Å². The van der Waals surface area contributed by atoms with Crippen molar-refractivity contribution >= 4 is 71.0 Å². The Kier molecular flexibility index (Phi) is 73.9. The minimum Gasteiger partial charge on any atom is -0.379 e. The van der Waals surface area contributed by atoms with Crippen LogP contribution in [0.1, 0.15) is 44.6 Å². The second-order valence-electron chi connectivity index (χ2n) is 25.6. The fraction of sp³-hybridized carbons (Fsp3) is 0.810. The molecule has 692 valence electrons. The first kappa shape index (κ1) is 109. The highest BCUT2D eigenvalue weighted by Crippen LogP contribution is 2.26. The van der Waals surface area contributed by atoms with Crippen molar-refractivity contribution in [2.75, 3.05) is 368 Å². The first-order valence-corrected chi connectivity index (χ1v) is 42.5. The van der Waals surface area contributed by atoms with Gasteiger partial charge in [-0.3, -0.25) is 48.2 Å². The highest BCUT2D eigenvalue weighted by Gasteiger charge is 2.40. The molecule has 0 aromatic heterocycles. The standard InChI is InChI=1S/C79H136N6O34S/c1-2-95-20-21-99-28-29-103-36-37-107-44-45-111-52-53-115-60-61-117-58-55-113-50-47-109-42-39-105-34-31-101-26-23-97-18-12-80-72(87)10-14-85-77(92)64-71(79(85)94)120-67-70(83-74(89)66-119-65-73(88)82-69-7-4-68(5-8-69)6-9-75(90)84-15-11-76(84)91)78(93)81-13-19-98-24-27-102-32-35-106-40-43-110-48-51-114-56-59-118-63-62-116-57-54-112-49-46-108-41-38-104-33-30-100-25-22-96-17-3-16-86/h4-5,7-8,16,70-71H,2-3,6,9-15,17-67H2,1H3,(H,80,87)(H,81,93)(H,82,88)(H,83,89)/t70-,71?/m0/s1. The van der Waals surface area contributed by atoms with Crippen molar-refractivity contribution in [3.63, 3.8) is 0 Å². The molecular weight excluding hydrogens is 1610 g/mol. The van der Waals surface area contributed by atoms with Gasteiger partial charge in [0, 0.05) is 76.3 Å². The second kappa shape index (κ2) is 81.7. The van der Waals surface area contributed by atoms with Crippen LogP contribution in [0.25, 0.3) is 0 Å². The number of ether oxygens (including phenoxy) is 25. The van der Waals surface area contributed by atoms with Gasteiger partial charge in [-0.2, -0.15) is 0 Å². The third-order valence-electron chi connectivity index (χ3n) is 16.2. The predicted octanol–water partition coefficient (Wildman–Crippen LogP) is -0.692. The van der Waals surface area contributed by atoms with E-state index in [9.17, 15) is 43.2 Å². The highest BCUT2D eigenvalue weighted by molar-refractivity contribution is 8.00. The second-order valence-corrected chi connectivity index (χ2v) is 26.8. The summed E-state index contributed by atoms with van der Waals surface area (Å²) < 4.78 is 137. The molecule has 0 saturated carbocycles. The summed E-state index contributed by atoms with van der Waals surface area (Å²) >= 11 is 0.997. The lowest BCUT2D eigenvalue weighted by molar-refractivity contribution is -0.152. The molecule has 2 aliphatic rings. The maximum Gasteiger partial charge on any atom is 0.250 e. The number of aryl methyl sites for hydroxylation is 1. The largest absolute Gasteiger partial charge is 0.379 e. The number of anilines is 1. The van der Waals surface area contributed by atoms with Gasteiger partial charge in [-0.05, 0) is 31.0 Å². The monoisotopic (exact) mass is 1740 g/mol. The summed E-state index contributed by atoms with van der Waals surface area (Å²) in [5, 5.41) is 9.81. The topological polar surface area (TPSA) is 439 Å². The Bertz CT molecular complexity index is 2700. The van der Waals surface area contributed by atoms with E-state index in [-0.39, 0.29) is 89.5 Å². The van der Waals surface area contributed by atoms with Crippen molar-refractivity contribution in [3.05, 3.63) is 29.8 Å². The fourth-order valence-electron chi connectivity index (χ4n) is 9.95. The van der Waals surface area contributed by atoms with Crippen LogP contribution in [0.15, 0.2) is 24.3 Å². The summed E-state index contributed by atoms with van der Waals surface area (Å²) in [4.78, 5) is 115. The van der Waals surface area contributed by atoms with Crippen molar-refractivity contribution in [3.8, 4) is 0 Å². The summed E-state index contributed by atoms with van der Waals surface area (Å²) in [6.45, 7) is 21.4. The van der Waals surface area contributed by atoms with E-state index in [1.807, 2.05) is 6.92 Å². The number of thioether (sulfide) groups is 1. The number of hydrogen-bond donors (Lipinski definition) is 4. The van der Waals surface area contributed by atoms with Crippen molar-refractivity contribution in [2.24, 2.45) is 0 Å². The fourth-order valence-corrected chi connectivity index (χ4v) is 11.1. The summed E-state index contributed by atoms with van der Waals surface area (Å²) in [6.07, 6.45) is 1.82. The van der Waals surface area contributed by atoms with Crippen LogP contribution in [0.3, 0.4) is 0 Å².